The average molecular weight is 338 g/mol. The van der Waals surface area contributed by atoms with Crippen molar-refractivity contribution in [3.63, 3.8) is 0 Å². The monoisotopic (exact) mass is 338 g/mol. The topological polar surface area (TPSA) is 57.7 Å². The van der Waals surface area contributed by atoms with Crippen molar-refractivity contribution in [3.8, 4) is 0 Å². The standard InChI is InChI=1S/C15H18N2O3S2/c1-2-22(19,20)17-9-7-16(8-10-17)15(18)13-11-21-14-6-4-3-5-12(13)14/h3-6,11H,2,7-10H2,1H3. The summed E-state index contributed by atoms with van der Waals surface area (Å²) in [4.78, 5) is 14.4. The highest BCUT2D eigenvalue weighted by Crippen LogP contribution is 2.27. The Kier molecular flexibility index (Phi) is 4.20. The summed E-state index contributed by atoms with van der Waals surface area (Å²) in [6.45, 7) is 3.29. The number of sulfonamides is 1. The first-order chi connectivity index (χ1) is 10.5. The zero-order chi connectivity index (χ0) is 15.7. The lowest BCUT2D eigenvalue weighted by Crippen LogP contribution is -2.50. The van der Waals surface area contributed by atoms with Crippen molar-refractivity contribution in [2.45, 2.75) is 6.92 Å². The molecule has 0 aliphatic carbocycles. The quantitative estimate of drug-likeness (QED) is 0.860. The Labute approximate surface area is 134 Å². The molecule has 1 saturated heterocycles. The molecule has 0 unspecified atom stereocenters. The third kappa shape index (κ3) is 2.76. The van der Waals surface area contributed by atoms with Crippen LogP contribution < -0.4 is 0 Å². The fraction of sp³-hybridized carbons (Fsp3) is 0.400. The van der Waals surface area contributed by atoms with Crippen LogP contribution in [0.25, 0.3) is 10.1 Å². The number of nitrogens with zero attached hydrogens (tertiary/aromatic N) is 2. The van der Waals surface area contributed by atoms with E-state index in [2.05, 4.69) is 0 Å². The minimum absolute atomic E-state index is 0.00834. The first kappa shape index (κ1) is 15.5. The lowest BCUT2D eigenvalue weighted by molar-refractivity contribution is 0.0700. The Hall–Kier alpha value is -1.44. The highest BCUT2D eigenvalue weighted by atomic mass is 32.2. The molecule has 2 aromatic rings. The van der Waals surface area contributed by atoms with Crippen LogP contribution in [0.2, 0.25) is 0 Å². The fourth-order valence-corrected chi connectivity index (χ4v) is 4.69. The van der Waals surface area contributed by atoms with E-state index >= 15 is 0 Å². The Bertz CT molecular complexity index is 790. The molecule has 2 heterocycles. The van der Waals surface area contributed by atoms with E-state index in [0.717, 1.165) is 10.1 Å². The van der Waals surface area contributed by atoms with Gasteiger partial charge in [0.15, 0.2) is 0 Å². The van der Waals surface area contributed by atoms with Crippen molar-refractivity contribution in [2.75, 3.05) is 31.9 Å². The number of hydrogen-bond donors (Lipinski definition) is 0. The minimum Gasteiger partial charge on any atom is -0.336 e. The van der Waals surface area contributed by atoms with Gasteiger partial charge in [-0.05, 0) is 13.0 Å². The number of hydrogen-bond acceptors (Lipinski definition) is 4. The van der Waals surface area contributed by atoms with E-state index < -0.39 is 10.0 Å². The predicted octanol–water partition coefficient (Wildman–Crippen LogP) is 2.01. The minimum atomic E-state index is -3.16. The molecule has 0 spiro atoms. The van der Waals surface area contributed by atoms with Gasteiger partial charge < -0.3 is 4.90 Å². The molecule has 0 radical (unpaired) electrons. The Morgan fingerprint density at radius 2 is 1.86 bits per heavy atom. The third-order valence-electron chi connectivity index (χ3n) is 4.00. The van der Waals surface area contributed by atoms with Crippen molar-refractivity contribution >= 4 is 37.4 Å². The van der Waals surface area contributed by atoms with Gasteiger partial charge in [0.2, 0.25) is 10.0 Å². The Morgan fingerprint density at radius 3 is 2.55 bits per heavy atom. The van der Waals surface area contributed by atoms with Crippen LogP contribution >= 0.6 is 11.3 Å². The molecule has 118 valence electrons. The van der Waals surface area contributed by atoms with E-state index in [1.54, 1.807) is 23.2 Å². The largest absolute Gasteiger partial charge is 0.336 e. The predicted molar refractivity (Wildman–Crippen MR) is 88.8 cm³/mol. The van der Waals surface area contributed by atoms with Crippen molar-refractivity contribution in [2.24, 2.45) is 0 Å². The molecule has 1 aromatic carbocycles. The van der Waals surface area contributed by atoms with Gasteiger partial charge in [-0.1, -0.05) is 18.2 Å². The van der Waals surface area contributed by atoms with E-state index in [1.165, 1.54) is 4.31 Å². The molecule has 1 amide bonds. The molecule has 3 rings (SSSR count). The molecule has 0 N–H and O–H groups in total. The van der Waals surface area contributed by atoms with Gasteiger partial charge in [-0.3, -0.25) is 4.79 Å². The SMILES string of the molecule is CCS(=O)(=O)N1CCN(C(=O)c2csc3ccccc23)CC1. The number of piperazine rings is 1. The van der Waals surface area contributed by atoms with Crippen LogP contribution in [-0.2, 0) is 10.0 Å². The van der Waals surface area contributed by atoms with E-state index in [9.17, 15) is 13.2 Å². The number of benzene rings is 1. The van der Waals surface area contributed by atoms with Crippen LogP contribution in [-0.4, -0.2) is 55.5 Å². The maximum Gasteiger partial charge on any atom is 0.255 e. The summed E-state index contributed by atoms with van der Waals surface area (Å²) in [6.07, 6.45) is 0. The van der Waals surface area contributed by atoms with Gasteiger partial charge in [-0.25, -0.2) is 8.42 Å². The number of carbonyl (C=O) groups excluding carboxylic acids is 1. The molecule has 5 nitrogen and oxygen atoms in total. The van der Waals surface area contributed by atoms with Crippen molar-refractivity contribution in [1.29, 1.82) is 0 Å². The lowest BCUT2D eigenvalue weighted by Gasteiger charge is -2.33. The van der Waals surface area contributed by atoms with Gasteiger partial charge in [0.25, 0.3) is 5.91 Å². The molecule has 0 saturated carbocycles. The van der Waals surface area contributed by atoms with E-state index in [0.29, 0.717) is 31.7 Å². The average Bonchev–Trinajstić information content (AvgIpc) is 2.98. The third-order valence-corrected chi connectivity index (χ3v) is 6.84. The number of thiophene rings is 1. The van der Waals surface area contributed by atoms with Gasteiger partial charge in [0.05, 0.1) is 11.3 Å². The molecule has 1 fully saturated rings. The van der Waals surface area contributed by atoms with Crippen LogP contribution in [0, 0.1) is 0 Å². The van der Waals surface area contributed by atoms with Gasteiger partial charge in [-0.15, -0.1) is 11.3 Å². The summed E-state index contributed by atoms with van der Waals surface area (Å²) in [7, 11) is -3.16. The first-order valence-electron chi connectivity index (χ1n) is 7.26. The molecule has 1 aliphatic heterocycles. The maximum absolute atomic E-state index is 12.7. The van der Waals surface area contributed by atoms with Gasteiger partial charge in [0, 0.05) is 41.6 Å². The van der Waals surface area contributed by atoms with Crippen molar-refractivity contribution in [1.82, 2.24) is 9.21 Å². The summed E-state index contributed by atoms with van der Waals surface area (Å²) in [5, 5.41) is 2.86. The Morgan fingerprint density at radius 1 is 1.18 bits per heavy atom. The van der Waals surface area contributed by atoms with Crippen LogP contribution in [0.4, 0.5) is 0 Å². The van der Waals surface area contributed by atoms with E-state index in [4.69, 9.17) is 0 Å². The molecule has 1 aromatic heterocycles. The fourth-order valence-electron chi connectivity index (χ4n) is 2.67. The van der Waals surface area contributed by atoms with Crippen LogP contribution in [0.15, 0.2) is 29.6 Å². The summed E-state index contributed by atoms with van der Waals surface area (Å²) in [5.41, 5.74) is 0.715. The second kappa shape index (κ2) is 5.98. The summed E-state index contributed by atoms with van der Waals surface area (Å²) in [5.74, 6) is 0.0989. The highest BCUT2D eigenvalue weighted by molar-refractivity contribution is 7.89. The zero-order valence-electron chi connectivity index (χ0n) is 12.4. The summed E-state index contributed by atoms with van der Waals surface area (Å²) in [6, 6.07) is 7.85. The number of rotatable bonds is 3. The van der Waals surface area contributed by atoms with Gasteiger partial charge in [0.1, 0.15) is 0 Å². The van der Waals surface area contributed by atoms with Crippen LogP contribution in [0.1, 0.15) is 17.3 Å². The lowest BCUT2D eigenvalue weighted by atomic mass is 10.1. The number of amides is 1. The van der Waals surface area contributed by atoms with E-state index in [1.807, 2.05) is 29.6 Å². The highest BCUT2D eigenvalue weighted by Gasteiger charge is 2.28. The molecular formula is C15H18N2O3S2. The van der Waals surface area contributed by atoms with Crippen LogP contribution in [0.3, 0.4) is 0 Å². The second-order valence-corrected chi connectivity index (χ2v) is 8.41. The van der Waals surface area contributed by atoms with Crippen molar-refractivity contribution < 1.29 is 13.2 Å². The molecular weight excluding hydrogens is 320 g/mol. The number of fused-ring (bicyclic) bond motifs is 1. The molecule has 0 atom stereocenters. The van der Waals surface area contributed by atoms with Crippen molar-refractivity contribution in [3.05, 3.63) is 35.2 Å². The second-order valence-electron chi connectivity index (χ2n) is 5.24. The van der Waals surface area contributed by atoms with Gasteiger partial charge >= 0.3 is 0 Å². The maximum atomic E-state index is 12.7. The molecule has 0 bridgehead atoms. The number of carbonyl (C=O) groups is 1. The van der Waals surface area contributed by atoms with E-state index in [-0.39, 0.29) is 11.7 Å². The first-order valence-corrected chi connectivity index (χ1v) is 9.75. The summed E-state index contributed by atoms with van der Waals surface area (Å²) >= 11 is 1.56. The zero-order valence-corrected chi connectivity index (χ0v) is 14.0. The van der Waals surface area contributed by atoms with Crippen LogP contribution in [0.5, 0.6) is 0 Å². The summed E-state index contributed by atoms with van der Waals surface area (Å²) < 4.78 is 26.3. The molecule has 22 heavy (non-hydrogen) atoms. The molecule has 7 heteroatoms. The molecule has 1 aliphatic rings. The normalized spacial score (nSPS) is 17.0. The van der Waals surface area contributed by atoms with Gasteiger partial charge in [-0.2, -0.15) is 4.31 Å². The Balaban J connectivity index is 1.75. The smallest absolute Gasteiger partial charge is 0.255 e.